The van der Waals surface area contributed by atoms with E-state index in [4.69, 9.17) is 5.11 Å². The van der Waals surface area contributed by atoms with Gasteiger partial charge in [-0.2, -0.15) is 0 Å². The van der Waals surface area contributed by atoms with Crippen molar-refractivity contribution < 1.29 is 23.1 Å². The van der Waals surface area contributed by atoms with Gasteiger partial charge in [0, 0.05) is 12.1 Å². The number of carboxylic acids is 1. The number of carboxylic acid groups (broad SMARTS) is 1. The van der Waals surface area contributed by atoms with Gasteiger partial charge < -0.3 is 5.11 Å². The molecule has 3 nitrogen and oxygen atoms in total. The summed E-state index contributed by atoms with van der Waals surface area (Å²) < 4.78 is 40.8. The van der Waals surface area contributed by atoms with Gasteiger partial charge in [-0.15, -0.1) is 11.3 Å². The summed E-state index contributed by atoms with van der Waals surface area (Å²) in [5.74, 6) is -4.22. The normalized spacial score (nSPS) is 11.0. The molecule has 2 aromatic carbocycles. The monoisotopic (exact) mass is 309 g/mol. The molecule has 0 saturated carbocycles. The van der Waals surface area contributed by atoms with Crippen LogP contribution in [0.5, 0.6) is 0 Å². The first kappa shape index (κ1) is 13.6. The lowest BCUT2D eigenvalue weighted by Gasteiger charge is -2.00. The van der Waals surface area contributed by atoms with Crippen molar-refractivity contribution in [3.8, 4) is 10.6 Å². The molecule has 106 valence electrons. The molecule has 21 heavy (non-hydrogen) atoms. The Bertz CT molecular complexity index is 853. The minimum atomic E-state index is -1.11. The van der Waals surface area contributed by atoms with Gasteiger partial charge in [-0.3, -0.25) is 0 Å². The minimum absolute atomic E-state index is 0.0301. The summed E-state index contributed by atoms with van der Waals surface area (Å²) in [5.41, 5.74) is 0.0513. The summed E-state index contributed by atoms with van der Waals surface area (Å²) in [7, 11) is 0. The van der Waals surface area contributed by atoms with Crippen LogP contribution in [0.25, 0.3) is 20.8 Å². The largest absolute Gasteiger partial charge is 0.478 e. The van der Waals surface area contributed by atoms with E-state index < -0.39 is 29.0 Å². The van der Waals surface area contributed by atoms with Crippen LogP contribution < -0.4 is 0 Å². The van der Waals surface area contributed by atoms with Crippen molar-refractivity contribution in [2.45, 2.75) is 0 Å². The number of aromatic nitrogens is 1. The maximum absolute atomic E-state index is 13.7. The SMILES string of the molecule is O=C(O)c1ccc2nc(-c3c(F)cc(F)cc3F)sc2c1. The molecule has 0 radical (unpaired) electrons. The molecule has 0 bridgehead atoms. The van der Waals surface area contributed by atoms with Crippen LogP contribution in [0.3, 0.4) is 0 Å². The van der Waals surface area contributed by atoms with E-state index in [0.717, 1.165) is 11.3 Å². The Hall–Kier alpha value is -2.41. The number of fused-ring (bicyclic) bond motifs is 1. The number of rotatable bonds is 2. The fraction of sp³-hybridized carbons (Fsp3) is 0. The van der Waals surface area contributed by atoms with Crippen LogP contribution >= 0.6 is 11.3 Å². The van der Waals surface area contributed by atoms with Crippen LogP contribution in [0.15, 0.2) is 30.3 Å². The van der Waals surface area contributed by atoms with Crippen LogP contribution in [0, 0.1) is 17.5 Å². The third kappa shape index (κ3) is 2.36. The van der Waals surface area contributed by atoms with Gasteiger partial charge in [-0.25, -0.2) is 22.9 Å². The molecular formula is C14H6F3NO2S. The molecule has 1 aromatic heterocycles. The van der Waals surface area contributed by atoms with E-state index in [9.17, 15) is 18.0 Å². The quantitative estimate of drug-likeness (QED) is 0.776. The number of benzene rings is 2. The second-order valence-corrected chi connectivity index (χ2v) is 5.28. The Balaban J connectivity index is 2.20. The first-order valence-corrected chi connectivity index (χ1v) is 6.56. The third-order valence-electron chi connectivity index (χ3n) is 2.86. The summed E-state index contributed by atoms with van der Waals surface area (Å²) in [6, 6.07) is 5.34. The van der Waals surface area contributed by atoms with Crippen LogP contribution in [-0.4, -0.2) is 16.1 Å². The topological polar surface area (TPSA) is 50.2 Å². The van der Waals surface area contributed by atoms with Gasteiger partial charge >= 0.3 is 5.97 Å². The smallest absolute Gasteiger partial charge is 0.335 e. The minimum Gasteiger partial charge on any atom is -0.478 e. The number of nitrogens with zero attached hydrogens (tertiary/aromatic N) is 1. The van der Waals surface area contributed by atoms with Crippen molar-refractivity contribution in [3.05, 3.63) is 53.3 Å². The number of carbonyl (C=O) groups is 1. The van der Waals surface area contributed by atoms with E-state index >= 15 is 0 Å². The van der Waals surface area contributed by atoms with Gasteiger partial charge in [0.05, 0.1) is 21.3 Å². The molecule has 7 heteroatoms. The van der Waals surface area contributed by atoms with Crippen LogP contribution in [0.2, 0.25) is 0 Å². The zero-order valence-electron chi connectivity index (χ0n) is 10.2. The first-order valence-electron chi connectivity index (χ1n) is 5.74. The van der Waals surface area contributed by atoms with Crippen LogP contribution in [-0.2, 0) is 0 Å². The van der Waals surface area contributed by atoms with Crippen molar-refractivity contribution in [1.82, 2.24) is 4.98 Å². The lowest BCUT2D eigenvalue weighted by Crippen LogP contribution is -1.94. The molecule has 0 amide bonds. The number of halogens is 3. The van der Waals surface area contributed by atoms with Gasteiger partial charge in [0.1, 0.15) is 22.5 Å². The lowest BCUT2D eigenvalue weighted by atomic mass is 10.2. The predicted molar refractivity (Wildman–Crippen MR) is 71.9 cm³/mol. The Morgan fingerprint density at radius 3 is 2.38 bits per heavy atom. The Kier molecular flexibility index (Phi) is 3.13. The van der Waals surface area contributed by atoms with E-state index in [2.05, 4.69) is 4.98 Å². The molecule has 1 heterocycles. The molecule has 1 N–H and O–H groups in total. The zero-order valence-corrected chi connectivity index (χ0v) is 11.0. The van der Waals surface area contributed by atoms with Gasteiger partial charge in [-0.1, -0.05) is 0 Å². The summed E-state index contributed by atoms with van der Waals surface area (Å²) in [5, 5.41) is 8.94. The molecule has 0 aliphatic heterocycles. The average Bonchev–Trinajstić information content (AvgIpc) is 2.79. The summed E-state index contributed by atoms with van der Waals surface area (Å²) in [6.07, 6.45) is 0. The van der Waals surface area contributed by atoms with Crippen LogP contribution in [0.1, 0.15) is 10.4 Å². The molecule has 3 aromatic rings. The Morgan fingerprint density at radius 2 is 1.76 bits per heavy atom. The lowest BCUT2D eigenvalue weighted by molar-refractivity contribution is 0.0697. The van der Waals surface area contributed by atoms with Gasteiger partial charge in [0.15, 0.2) is 0 Å². The van der Waals surface area contributed by atoms with Gasteiger partial charge in [0.25, 0.3) is 0 Å². The van der Waals surface area contributed by atoms with Crippen molar-refractivity contribution in [2.24, 2.45) is 0 Å². The number of aromatic carboxylic acids is 1. The van der Waals surface area contributed by atoms with E-state index in [1.54, 1.807) is 0 Å². The van der Waals surface area contributed by atoms with Gasteiger partial charge in [-0.05, 0) is 18.2 Å². The van der Waals surface area contributed by atoms with E-state index in [1.165, 1.54) is 18.2 Å². The van der Waals surface area contributed by atoms with Crippen LogP contribution in [0.4, 0.5) is 13.2 Å². The van der Waals surface area contributed by atoms with E-state index in [1.807, 2.05) is 0 Å². The summed E-state index contributed by atoms with van der Waals surface area (Å²) in [4.78, 5) is 14.9. The average molecular weight is 309 g/mol. The highest BCUT2D eigenvalue weighted by Gasteiger charge is 2.18. The fourth-order valence-electron chi connectivity index (χ4n) is 1.91. The maximum atomic E-state index is 13.7. The molecule has 0 spiro atoms. The fourth-order valence-corrected chi connectivity index (χ4v) is 2.96. The molecule has 0 unspecified atom stereocenters. The predicted octanol–water partition coefficient (Wildman–Crippen LogP) is 4.08. The highest BCUT2D eigenvalue weighted by atomic mass is 32.1. The Morgan fingerprint density at radius 1 is 1.10 bits per heavy atom. The summed E-state index contributed by atoms with van der Waals surface area (Å²) >= 11 is 0.939. The maximum Gasteiger partial charge on any atom is 0.335 e. The number of hydrogen-bond acceptors (Lipinski definition) is 3. The molecule has 0 atom stereocenters. The number of hydrogen-bond donors (Lipinski definition) is 1. The highest BCUT2D eigenvalue weighted by molar-refractivity contribution is 7.21. The standard InChI is InChI=1S/C14H6F3NO2S/c15-7-4-8(16)12(9(17)5-7)13-18-10-2-1-6(14(19)20)3-11(10)21-13/h1-5H,(H,19,20). The molecule has 0 aliphatic rings. The summed E-state index contributed by atoms with van der Waals surface area (Å²) in [6.45, 7) is 0. The molecular weight excluding hydrogens is 303 g/mol. The second kappa shape index (κ2) is 4.85. The molecule has 0 aliphatic carbocycles. The molecule has 3 rings (SSSR count). The van der Waals surface area contributed by atoms with E-state index in [-0.39, 0.29) is 10.6 Å². The number of thiazole rings is 1. The molecule has 0 fully saturated rings. The highest BCUT2D eigenvalue weighted by Crippen LogP contribution is 2.34. The third-order valence-corrected chi connectivity index (χ3v) is 3.89. The van der Waals surface area contributed by atoms with Crippen molar-refractivity contribution in [1.29, 1.82) is 0 Å². The first-order chi connectivity index (χ1) is 9.95. The van der Waals surface area contributed by atoms with Crippen molar-refractivity contribution in [2.75, 3.05) is 0 Å². The van der Waals surface area contributed by atoms with E-state index in [0.29, 0.717) is 22.3 Å². The Labute approximate surface area is 120 Å². The van der Waals surface area contributed by atoms with Crippen molar-refractivity contribution in [3.63, 3.8) is 0 Å². The second-order valence-electron chi connectivity index (χ2n) is 4.25. The zero-order chi connectivity index (χ0) is 15.1. The van der Waals surface area contributed by atoms with Gasteiger partial charge in [0.2, 0.25) is 0 Å². The molecule has 0 saturated heterocycles. The van der Waals surface area contributed by atoms with Crippen molar-refractivity contribution >= 4 is 27.5 Å².